The van der Waals surface area contributed by atoms with Crippen LogP contribution in [0.4, 0.5) is 4.79 Å². The Hall–Kier alpha value is -4.02. The first-order valence-electron chi connectivity index (χ1n) is 12.3. The Kier molecular flexibility index (Phi) is 9.15. The van der Waals surface area contributed by atoms with Crippen molar-refractivity contribution in [3.63, 3.8) is 0 Å². The fourth-order valence-corrected chi connectivity index (χ4v) is 4.02. The van der Waals surface area contributed by atoms with E-state index in [-0.39, 0.29) is 56.2 Å². The van der Waals surface area contributed by atoms with Crippen LogP contribution in [0.25, 0.3) is 11.4 Å². The lowest BCUT2D eigenvalue weighted by Gasteiger charge is -2.39. The monoisotopic (exact) mass is 511 g/mol. The van der Waals surface area contributed by atoms with Gasteiger partial charge in [-0.05, 0) is 34.6 Å². The van der Waals surface area contributed by atoms with Crippen molar-refractivity contribution in [2.75, 3.05) is 32.8 Å². The number of nitrogens with one attached hydrogen (secondary N) is 1. The summed E-state index contributed by atoms with van der Waals surface area (Å²) in [6.07, 6.45) is -0.389. The van der Waals surface area contributed by atoms with Gasteiger partial charge in [-0.25, -0.2) is 19.6 Å². The second-order valence-electron chi connectivity index (χ2n) is 8.93. The topological polar surface area (TPSA) is 131 Å². The van der Waals surface area contributed by atoms with Gasteiger partial charge in [0.1, 0.15) is 17.8 Å². The van der Waals surface area contributed by atoms with E-state index in [0.717, 1.165) is 0 Å². The van der Waals surface area contributed by atoms with Crippen LogP contribution in [0, 0.1) is 6.92 Å². The van der Waals surface area contributed by atoms with E-state index >= 15 is 0 Å². The molecule has 0 radical (unpaired) electrons. The summed E-state index contributed by atoms with van der Waals surface area (Å²) < 4.78 is 10.2. The number of ether oxygens (including phenoxy) is 2. The number of carbonyl (C=O) groups is 4. The van der Waals surface area contributed by atoms with Gasteiger partial charge in [0, 0.05) is 31.2 Å². The van der Waals surface area contributed by atoms with E-state index in [2.05, 4.69) is 15.3 Å². The highest BCUT2D eigenvalue weighted by Gasteiger charge is 2.34. The van der Waals surface area contributed by atoms with Crippen LogP contribution in [-0.2, 0) is 14.3 Å². The van der Waals surface area contributed by atoms with Gasteiger partial charge < -0.3 is 24.6 Å². The maximum absolute atomic E-state index is 13.7. The average Bonchev–Trinajstić information content (AvgIpc) is 2.86. The van der Waals surface area contributed by atoms with E-state index < -0.39 is 23.9 Å². The molecule has 2 aromatic rings. The highest BCUT2D eigenvalue weighted by atomic mass is 16.5. The number of hydrogen-bond acceptors (Lipinski definition) is 8. The van der Waals surface area contributed by atoms with Crippen LogP contribution >= 0.6 is 0 Å². The van der Waals surface area contributed by atoms with Crippen molar-refractivity contribution in [2.45, 2.75) is 46.8 Å². The third-order valence-corrected chi connectivity index (χ3v) is 5.74. The molecule has 2 heterocycles. The largest absolute Gasteiger partial charge is 0.465 e. The molecule has 11 heteroatoms. The summed E-state index contributed by atoms with van der Waals surface area (Å²) in [4.78, 5) is 62.9. The number of piperazine rings is 1. The van der Waals surface area contributed by atoms with Crippen LogP contribution in [0.15, 0.2) is 30.3 Å². The highest BCUT2D eigenvalue weighted by molar-refractivity contribution is 6.05. The van der Waals surface area contributed by atoms with E-state index in [1.54, 1.807) is 44.4 Å². The molecule has 0 aliphatic carbocycles. The van der Waals surface area contributed by atoms with E-state index in [9.17, 15) is 19.2 Å². The van der Waals surface area contributed by atoms with Gasteiger partial charge in [0.15, 0.2) is 5.82 Å². The Balaban J connectivity index is 1.84. The van der Waals surface area contributed by atoms with Crippen molar-refractivity contribution in [3.8, 4) is 11.4 Å². The molecular weight excluding hydrogens is 478 g/mol. The molecule has 0 spiro atoms. The lowest BCUT2D eigenvalue weighted by atomic mass is 10.1. The Morgan fingerprint density at radius 1 is 1.11 bits per heavy atom. The first-order chi connectivity index (χ1) is 17.6. The molecule has 1 atom stereocenters. The van der Waals surface area contributed by atoms with E-state index in [1.807, 2.05) is 30.3 Å². The minimum atomic E-state index is -0.666. The average molecular weight is 512 g/mol. The van der Waals surface area contributed by atoms with Crippen molar-refractivity contribution >= 4 is 23.9 Å². The van der Waals surface area contributed by atoms with Crippen LogP contribution in [0.5, 0.6) is 0 Å². The van der Waals surface area contributed by atoms with Gasteiger partial charge in [-0.2, -0.15) is 0 Å². The molecule has 1 aromatic heterocycles. The maximum atomic E-state index is 13.7. The molecule has 1 fully saturated rings. The molecule has 0 saturated carbocycles. The molecule has 3 rings (SSSR count). The SMILES string of the molecule is CCOC(=O)CNC(=O)N1CCN(C(=O)c2nc(-c3ccccc3)nc(C)c2C(=O)OC(C)C)CC1C. The summed E-state index contributed by atoms with van der Waals surface area (Å²) in [5.41, 5.74) is 1.04. The number of benzene rings is 1. The summed E-state index contributed by atoms with van der Waals surface area (Å²) in [5, 5.41) is 2.55. The standard InChI is InChI=1S/C26H33N5O6/c1-6-36-20(32)14-27-26(35)31-13-12-30(15-17(31)4)24(33)22-21(25(34)37-16(2)3)18(5)28-23(29-22)19-10-8-7-9-11-19/h7-11,16-17H,6,12-15H2,1-5H3,(H,27,35). The molecule has 198 valence electrons. The molecule has 37 heavy (non-hydrogen) atoms. The van der Waals surface area contributed by atoms with Crippen LogP contribution in [0.3, 0.4) is 0 Å². The van der Waals surface area contributed by atoms with Crippen LogP contribution in [0.1, 0.15) is 54.2 Å². The zero-order chi connectivity index (χ0) is 27.1. The number of hydrogen-bond donors (Lipinski definition) is 1. The summed E-state index contributed by atoms with van der Waals surface area (Å²) >= 11 is 0. The zero-order valence-corrected chi connectivity index (χ0v) is 21.8. The van der Waals surface area contributed by atoms with Gasteiger partial charge in [-0.3, -0.25) is 9.59 Å². The second-order valence-corrected chi connectivity index (χ2v) is 8.93. The predicted molar refractivity (Wildman–Crippen MR) is 135 cm³/mol. The quantitative estimate of drug-likeness (QED) is 0.561. The second kappa shape index (κ2) is 12.3. The minimum Gasteiger partial charge on any atom is -0.465 e. The Morgan fingerprint density at radius 2 is 1.81 bits per heavy atom. The number of amides is 3. The fourth-order valence-electron chi connectivity index (χ4n) is 4.02. The van der Waals surface area contributed by atoms with Crippen molar-refractivity contribution in [2.24, 2.45) is 0 Å². The lowest BCUT2D eigenvalue weighted by Crippen LogP contribution is -2.58. The summed E-state index contributed by atoms with van der Waals surface area (Å²) in [5.74, 6) is -1.31. The van der Waals surface area contributed by atoms with Gasteiger partial charge in [-0.1, -0.05) is 30.3 Å². The van der Waals surface area contributed by atoms with E-state index in [1.165, 1.54) is 0 Å². The summed E-state index contributed by atoms with van der Waals surface area (Å²) in [7, 11) is 0. The molecule has 1 saturated heterocycles. The number of nitrogens with zero attached hydrogens (tertiary/aromatic N) is 4. The molecule has 0 bridgehead atoms. The van der Waals surface area contributed by atoms with Gasteiger partial charge in [0.2, 0.25) is 0 Å². The van der Waals surface area contributed by atoms with Gasteiger partial charge in [0.05, 0.1) is 18.4 Å². The van der Waals surface area contributed by atoms with Crippen molar-refractivity contribution in [1.29, 1.82) is 0 Å². The van der Waals surface area contributed by atoms with E-state index in [0.29, 0.717) is 17.1 Å². The number of urea groups is 1. The van der Waals surface area contributed by atoms with Gasteiger partial charge in [0.25, 0.3) is 5.91 Å². The number of carbonyl (C=O) groups excluding carboxylic acids is 4. The number of aromatic nitrogens is 2. The van der Waals surface area contributed by atoms with E-state index in [4.69, 9.17) is 9.47 Å². The zero-order valence-electron chi connectivity index (χ0n) is 21.8. The lowest BCUT2D eigenvalue weighted by molar-refractivity contribution is -0.141. The van der Waals surface area contributed by atoms with Crippen molar-refractivity contribution < 1.29 is 28.7 Å². The van der Waals surface area contributed by atoms with Crippen molar-refractivity contribution in [1.82, 2.24) is 25.1 Å². The molecule has 1 N–H and O–H groups in total. The summed E-state index contributed by atoms with van der Waals surface area (Å²) in [6.45, 7) is 9.26. The van der Waals surface area contributed by atoms with Gasteiger partial charge >= 0.3 is 18.0 Å². The Labute approximate surface area is 216 Å². The summed E-state index contributed by atoms with van der Waals surface area (Å²) in [6, 6.07) is 8.42. The molecule has 1 aromatic carbocycles. The first kappa shape index (κ1) is 27.6. The normalized spacial score (nSPS) is 15.4. The molecule has 11 nitrogen and oxygen atoms in total. The minimum absolute atomic E-state index is 0.0284. The molecule has 3 amide bonds. The predicted octanol–water partition coefficient (Wildman–Crippen LogP) is 2.44. The van der Waals surface area contributed by atoms with Crippen molar-refractivity contribution in [3.05, 3.63) is 47.3 Å². The van der Waals surface area contributed by atoms with Crippen LogP contribution in [0.2, 0.25) is 0 Å². The Morgan fingerprint density at radius 3 is 2.43 bits per heavy atom. The Bertz CT molecular complexity index is 1150. The number of aryl methyl sites for hydroxylation is 1. The maximum Gasteiger partial charge on any atom is 0.342 e. The van der Waals surface area contributed by atoms with Crippen LogP contribution < -0.4 is 5.32 Å². The molecule has 1 unspecified atom stereocenters. The smallest absolute Gasteiger partial charge is 0.342 e. The van der Waals surface area contributed by atoms with Gasteiger partial charge in [-0.15, -0.1) is 0 Å². The number of rotatable bonds is 7. The molecule has 1 aliphatic heterocycles. The highest BCUT2D eigenvalue weighted by Crippen LogP contribution is 2.23. The number of esters is 2. The molecular formula is C26H33N5O6. The third-order valence-electron chi connectivity index (χ3n) is 5.74. The first-order valence-corrected chi connectivity index (χ1v) is 12.3. The fraction of sp³-hybridized carbons (Fsp3) is 0.462. The van der Waals surface area contributed by atoms with Crippen LogP contribution in [-0.4, -0.2) is 88.6 Å². The molecule has 1 aliphatic rings. The third kappa shape index (κ3) is 6.81.